The van der Waals surface area contributed by atoms with Gasteiger partial charge in [-0.05, 0) is 37.3 Å². The van der Waals surface area contributed by atoms with E-state index in [1.165, 1.54) is 0 Å². The summed E-state index contributed by atoms with van der Waals surface area (Å²) in [5.74, 6) is -0.440. The van der Waals surface area contributed by atoms with E-state index in [-0.39, 0.29) is 18.1 Å². The fourth-order valence-electron chi connectivity index (χ4n) is 3.23. The molecule has 1 aliphatic rings. The van der Waals surface area contributed by atoms with Gasteiger partial charge in [-0.1, -0.05) is 54.6 Å². The number of fused-ring (bicyclic) bond motifs is 1. The third-order valence-electron chi connectivity index (χ3n) is 4.62. The highest BCUT2D eigenvalue weighted by Crippen LogP contribution is 2.20. The van der Waals surface area contributed by atoms with Crippen LogP contribution in [0.15, 0.2) is 59.7 Å². The standard InChI is InChI=1S/C22H24N2O3/c1-2-27-22(26)20(15-16-9-4-3-5-10-16)24-23-19-14-8-12-17-11-6-7-13-18(17)21(19)25/h3-7,9-11,13,19,23H,2,8,12,14-15H2,1H3/b24-20+/t19-/m0/s1. The van der Waals surface area contributed by atoms with E-state index in [2.05, 4.69) is 10.5 Å². The van der Waals surface area contributed by atoms with Crippen LogP contribution in [0.1, 0.15) is 41.3 Å². The minimum Gasteiger partial charge on any atom is -0.461 e. The summed E-state index contributed by atoms with van der Waals surface area (Å²) in [6, 6.07) is 16.9. The normalized spacial score (nSPS) is 17.0. The van der Waals surface area contributed by atoms with Crippen LogP contribution in [0.25, 0.3) is 0 Å². The Morgan fingerprint density at radius 2 is 1.89 bits per heavy atom. The van der Waals surface area contributed by atoms with E-state index in [0.717, 1.165) is 29.5 Å². The van der Waals surface area contributed by atoms with E-state index >= 15 is 0 Å². The molecule has 1 aliphatic carbocycles. The predicted molar refractivity (Wildman–Crippen MR) is 105 cm³/mol. The van der Waals surface area contributed by atoms with Gasteiger partial charge in [-0.3, -0.25) is 10.2 Å². The molecule has 0 spiro atoms. The van der Waals surface area contributed by atoms with Crippen molar-refractivity contribution in [2.75, 3.05) is 6.61 Å². The first-order valence-electron chi connectivity index (χ1n) is 9.34. The summed E-state index contributed by atoms with van der Waals surface area (Å²) in [5.41, 5.74) is 6.00. The molecule has 1 atom stereocenters. The number of benzene rings is 2. The third-order valence-corrected chi connectivity index (χ3v) is 4.62. The maximum Gasteiger partial charge on any atom is 0.354 e. The molecule has 27 heavy (non-hydrogen) atoms. The number of carbonyl (C=O) groups is 2. The number of ether oxygens (including phenoxy) is 1. The smallest absolute Gasteiger partial charge is 0.354 e. The number of carbonyl (C=O) groups excluding carboxylic acids is 2. The molecule has 3 rings (SSSR count). The lowest BCUT2D eigenvalue weighted by Gasteiger charge is -2.15. The second-order valence-corrected chi connectivity index (χ2v) is 6.54. The molecule has 0 heterocycles. The molecule has 1 N–H and O–H groups in total. The Morgan fingerprint density at radius 3 is 2.67 bits per heavy atom. The molecule has 5 heteroatoms. The van der Waals surface area contributed by atoms with Gasteiger partial charge in [-0.15, -0.1) is 0 Å². The van der Waals surface area contributed by atoms with Gasteiger partial charge in [0.05, 0.1) is 6.61 Å². The van der Waals surface area contributed by atoms with Gasteiger partial charge in [-0.2, -0.15) is 5.10 Å². The Labute approximate surface area is 159 Å². The molecular formula is C22H24N2O3. The molecule has 0 saturated carbocycles. The van der Waals surface area contributed by atoms with Gasteiger partial charge in [0.15, 0.2) is 5.78 Å². The Bertz CT molecular complexity index is 830. The summed E-state index contributed by atoms with van der Waals surface area (Å²) in [4.78, 5) is 25.1. The Morgan fingerprint density at radius 1 is 1.15 bits per heavy atom. The van der Waals surface area contributed by atoms with Crippen molar-refractivity contribution in [3.63, 3.8) is 0 Å². The van der Waals surface area contributed by atoms with Gasteiger partial charge >= 0.3 is 5.97 Å². The molecule has 0 saturated heterocycles. The van der Waals surface area contributed by atoms with Crippen LogP contribution in [-0.4, -0.2) is 30.1 Å². The number of nitrogens with zero attached hydrogens (tertiary/aromatic N) is 1. The van der Waals surface area contributed by atoms with Gasteiger partial charge < -0.3 is 4.74 Å². The van der Waals surface area contributed by atoms with Crippen LogP contribution < -0.4 is 5.43 Å². The Balaban J connectivity index is 1.79. The molecule has 0 amide bonds. The molecule has 2 aromatic rings. The van der Waals surface area contributed by atoms with Crippen molar-refractivity contribution in [3.8, 4) is 0 Å². The highest BCUT2D eigenvalue weighted by atomic mass is 16.5. The first-order valence-corrected chi connectivity index (χ1v) is 9.34. The van der Waals surface area contributed by atoms with E-state index in [4.69, 9.17) is 4.74 Å². The van der Waals surface area contributed by atoms with E-state index in [1.54, 1.807) is 6.92 Å². The number of ketones is 1. The third kappa shape index (κ3) is 4.82. The summed E-state index contributed by atoms with van der Waals surface area (Å²) >= 11 is 0. The van der Waals surface area contributed by atoms with Crippen LogP contribution in [0.2, 0.25) is 0 Å². The molecule has 5 nitrogen and oxygen atoms in total. The molecule has 140 valence electrons. The van der Waals surface area contributed by atoms with Crippen molar-refractivity contribution in [2.45, 2.75) is 38.6 Å². The van der Waals surface area contributed by atoms with E-state index in [1.807, 2.05) is 54.6 Å². The molecular weight excluding hydrogens is 340 g/mol. The van der Waals surface area contributed by atoms with Crippen molar-refractivity contribution in [2.24, 2.45) is 5.10 Å². The highest BCUT2D eigenvalue weighted by molar-refractivity contribution is 6.36. The molecule has 0 aromatic heterocycles. The largest absolute Gasteiger partial charge is 0.461 e. The lowest BCUT2D eigenvalue weighted by molar-refractivity contribution is -0.135. The van der Waals surface area contributed by atoms with Crippen molar-refractivity contribution >= 4 is 17.5 Å². The van der Waals surface area contributed by atoms with E-state index < -0.39 is 12.0 Å². The molecule has 0 fully saturated rings. The Hall–Kier alpha value is -2.95. The first-order chi connectivity index (χ1) is 13.2. The van der Waals surface area contributed by atoms with Crippen molar-refractivity contribution < 1.29 is 14.3 Å². The monoisotopic (exact) mass is 364 g/mol. The lowest BCUT2D eigenvalue weighted by atomic mass is 10.0. The zero-order valence-corrected chi connectivity index (χ0v) is 15.5. The summed E-state index contributed by atoms with van der Waals surface area (Å²) in [5, 5.41) is 4.30. The minimum atomic E-state index is -0.463. The topological polar surface area (TPSA) is 67.8 Å². The number of hydrazone groups is 1. The van der Waals surface area contributed by atoms with Crippen molar-refractivity contribution in [1.82, 2.24) is 5.43 Å². The number of aryl methyl sites for hydroxylation is 1. The molecule has 0 radical (unpaired) electrons. The maximum atomic E-state index is 12.9. The van der Waals surface area contributed by atoms with E-state index in [9.17, 15) is 9.59 Å². The van der Waals surface area contributed by atoms with Crippen LogP contribution in [0.4, 0.5) is 0 Å². The summed E-state index contributed by atoms with van der Waals surface area (Å²) in [6.07, 6.45) is 2.80. The number of Topliss-reactive ketones (excluding diaryl/α,β-unsaturated/α-hetero) is 1. The van der Waals surface area contributed by atoms with Crippen LogP contribution in [0.5, 0.6) is 0 Å². The van der Waals surface area contributed by atoms with Crippen molar-refractivity contribution in [1.29, 1.82) is 0 Å². The zero-order chi connectivity index (χ0) is 19.1. The highest BCUT2D eigenvalue weighted by Gasteiger charge is 2.25. The van der Waals surface area contributed by atoms with Gasteiger partial charge in [0.25, 0.3) is 0 Å². The van der Waals surface area contributed by atoms with Gasteiger partial charge in [0, 0.05) is 12.0 Å². The molecule has 0 unspecified atom stereocenters. The first kappa shape index (κ1) is 18.8. The fourth-order valence-corrected chi connectivity index (χ4v) is 3.23. The summed E-state index contributed by atoms with van der Waals surface area (Å²) in [6.45, 7) is 2.04. The second-order valence-electron chi connectivity index (χ2n) is 6.54. The fraction of sp³-hybridized carbons (Fsp3) is 0.318. The molecule has 2 aromatic carbocycles. The van der Waals surface area contributed by atoms with Crippen LogP contribution in [-0.2, 0) is 22.4 Å². The average molecular weight is 364 g/mol. The van der Waals surface area contributed by atoms with Crippen molar-refractivity contribution in [3.05, 3.63) is 71.3 Å². The zero-order valence-electron chi connectivity index (χ0n) is 15.5. The van der Waals surface area contributed by atoms with E-state index in [0.29, 0.717) is 12.8 Å². The Kier molecular flexibility index (Phi) is 6.36. The number of esters is 1. The molecule has 0 bridgehead atoms. The average Bonchev–Trinajstić information content (AvgIpc) is 2.85. The van der Waals surface area contributed by atoms with Gasteiger partial charge in [0.2, 0.25) is 0 Å². The minimum absolute atomic E-state index is 0.0229. The van der Waals surface area contributed by atoms with Crippen LogP contribution in [0.3, 0.4) is 0 Å². The predicted octanol–water partition coefficient (Wildman–Crippen LogP) is 3.33. The number of hydrogen-bond acceptors (Lipinski definition) is 5. The van der Waals surface area contributed by atoms with Crippen LogP contribution >= 0.6 is 0 Å². The maximum absolute atomic E-state index is 12.9. The van der Waals surface area contributed by atoms with Gasteiger partial charge in [-0.25, -0.2) is 4.79 Å². The SMILES string of the molecule is CCOC(=O)/C(Cc1ccccc1)=N/N[C@H]1CCCc2ccccc2C1=O. The second kappa shape index (κ2) is 9.12. The summed E-state index contributed by atoms with van der Waals surface area (Å²) in [7, 11) is 0. The van der Waals surface area contributed by atoms with Crippen LogP contribution in [0, 0.1) is 0 Å². The number of rotatable bonds is 6. The number of nitrogens with one attached hydrogen (secondary N) is 1. The van der Waals surface area contributed by atoms with Gasteiger partial charge in [0.1, 0.15) is 11.8 Å². The molecule has 0 aliphatic heterocycles. The number of hydrogen-bond donors (Lipinski definition) is 1. The quantitative estimate of drug-likeness (QED) is 0.369. The lowest BCUT2D eigenvalue weighted by Crippen LogP contribution is -2.35. The summed E-state index contributed by atoms with van der Waals surface area (Å²) < 4.78 is 5.13.